The average molecular weight is 471 g/mol. The number of halogens is 1. The summed E-state index contributed by atoms with van der Waals surface area (Å²) >= 11 is 0. The maximum Gasteiger partial charge on any atom is 0.466 e. The predicted octanol–water partition coefficient (Wildman–Crippen LogP) is 0.467. The van der Waals surface area contributed by atoms with E-state index in [0.29, 0.717) is 16.0 Å². The van der Waals surface area contributed by atoms with Gasteiger partial charge in [0.05, 0.1) is 25.8 Å². The van der Waals surface area contributed by atoms with Gasteiger partial charge in [-0.2, -0.15) is 4.80 Å². The molecule has 3 aromatic rings. The second kappa shape index (κ2) is 9.46. The third kappa shape index (κ3) is 5.90. The molecule has 2 aromatic heterocycles. The summed E-state index contributed by atoms with van der Waals surface area (Å²) in [5, 5.41) is 20.0. The molecule has 1 atom stereocenters. The van der Waals surface area contributed by atoms with Crippen molar-refractivity contribution in [3.63, 3.8) is 0 Å². The number of aliphatic hydroxyl groups is 1. The van der Waals surface area contributed by atoms with Gasteiger partial charge in [0.1, 0.15) is 17.6 Å². The molecule has 1 amide bonds. The average Bonchev–Trinajstić information content (AvgIpc) is 3.40. The Bertz CT molecular complexity index is 1250. The number of pyridine rings is 1. The zero-order valence-corrected chi connectivity index (χ0v) is 16.9. The summed E-state index contributed by atoms with van der Waals surface area (Å²) in [7, 11) is -4.64. The van der Waals surface area contributed by atoms with Gasteiger partial charge in [0, 0.05) is 21.4 Å². The van der Waals surface area contributed by atoms with Gasteiger partial charge < -0.3 is 24.5 Å². The Balaban J connectivity index is 0.000000623. The highest BCUT2D eigenvalue weighted by Crippen LogP contribution is 2.29. The van der Waals surface area contributed by atoms with Crippen LogP contribution in [0.2, 0.25) is 0 Å². The molecule has 0 saturated carbocycles. The predicted molar refractivity (Wildman–Crippen MR) is 106 cm³/mol. The number of tetrazole rings is 1. The number of rotatable bonds is 4. The highest BCUT2D eigenvalue weighted by molar-refractivity contribution is 7.45. The Labute approximate surface area is 184 Å². The lowest BCUT2D eigenvalue weighted by molar-refractivity contribution is 0.0963. The summed E-state index contributed by atoms with van der Waals surface area (Å²) in [6.07, 6.45) is 0.105. The van der Waals surface area contributed by atoms with Gasteiger partial charge in [-0.3, -0.25) is 9.88 Å². The van der Waals surface area contributed by atoms with Crippen LogP contribution in [-0.2, 0) is 16.3 Å². The molecule has 0 aliphatic carbocycles. The number of cyclic esters (lactones) is 1. The van der Waals surface area contributed by atoms with Crippen LogP contribution in [0, 0.1) is 5.82 Å². The minimum Gasteiger partial charge on any atom is -0.441 e. The number of hydrogen-bond donors (Lipinski definition) is 4. The van der Waals surface area contributed by atoms with Crippen LogP contribution in [0.5, 0.6) is 0 Å². The molecule has 1 fully saturated rings. The lowest BCUT2D eigenvalue weighted by Crippen LogP contribution is -2.25. The quantitative estimate of drug-likeness (QED) is 0.388. The molecule has 1 aromatic carbocycles. The van der Waals surface area contributed by atoms with E-state index in [2.05, 4.69) is 20.4 Å². The fourth-order valence-corrected chi connectivity index (χ4v) is 2.74. The van der Waals surface area contributed by atoms with Gasteiger partial charge in [-0.05, 0) is 29.5 Å². The van der Waals surface area contributed by atoms with Crippen molar-refractivity contribution in [2.24, 2.45) is 6.98 Å². The standard InChI is InChI=1S/C17H15FN6O3.H3O4P/c1-23-21-16(20-22-23)15-5-2-10(7-19-15)13-4-3-11(6-14(13)18)24-8-12(9-25)27-17(24)26;1-5(2,3)4/h2-7,12,25H,8-9H2,1H3;(H3,1,2,3,4)/t12-;/m1./s1/i1D3;. The molecule has 0 radical (unpaired) electrons. The molecule has 15 heteroatoms. The van der Waals surface area contributed by atoms with E-state index in [-0.39, 0.29) is 30.2 Å². The summed E-state index contributed by atoms with van der Waals surface area (Å²) in [4.78, 5) is 39.3. The van der Waals surface area contributed by atoms with Crippen molar-refractivity contribution in [2.45, 2.75) is 6.10 Å². The molecule has 3 heterocycles. The zero-order chi connectivity index (χ0) is 26.0. The van der Waals surface area contributed by atoms with Crippen LogP contribution in [0.15, 0.2) is 36.5 Å². The van der Waals surface area contributed by atoms with Crippen molar-refractivity contribution >= 4 is 19.6 Å². The second-order valence-electron chi connectivity index (χ2n) is 6.31. The molecule has 1 aliphatic rings. The molecular formula is C17H18FN6O7P. The van der Waals surface area contributed by atoms with Crippen LogP contribution in [0.25, 0.3) is 22.6 Å². The third-order valence-electron chi connectivity index (χ3n) is 4.06. The van der Waals surface area contributed by atoms with Crippen LogP contribution in [0.4, 0.5) is 14.9 Å². The van der Waals surface area contributed by atoms with E-state index in [1.165, 1.54) is 29.3 Å². The number of anilines is 1. The molecule has 13 nitrogen and oxygen atoms in total. The van der Waals surface area contributed by atoms with Gasteiger partial charge in [-0.1, -0.05) is 6.07 Å². The van der Waals surface area contributed by atoms with Crippen molar-refractivity contribution in [3.8, 4) is 22.6 Å². The van der Waals surface area contributed by atoms with Gasteiger partial charge in [0.25, 0.3) is 0 Å². The van der Waals surface area contributed by atoms with Crippen molar-refractivity contribution in [1.29, 1.82) is 0 Å². The number of aromatic nitrogens is 5. The van der Waals surface area contributed by atoms with Gasteiger partial charge in [0.2, 0.25) is 5.82 Å². The SMILES string of the molecule is O=P(O)(O)O.[2H]C([2H])([2H])n1nnc(-c2ccc(-c3ccc(N4C[C@H](CO)OC4=O)cc3F)cn2)n1. The van der Waals surface area contributed by atoms with Crippen molar-refractivity contribution in [1.82, 2.24) is 25.2 Å². The molecule has 4 rings (SSSR count). The molecule has 170 valence electrons. The number of carbonyl (C=O) groups is 1. The topological polar surface area (TPSA) is 184 Å². The molecule has 0 bridgehead atoms. The van der Waals surface area contributed by atoms with E-state index in [0.717, 1.165) is 0 Å². The van der Waals surface area contributed by atoms with E-state index in [1.54, 1.807) is 12.1 Å². The van der Waals surface area contributed by atoms with E-state index >= 15 is 0 Å². The summed E-state index contributed by atoms with van der Waals surface area (Å²) in [6, 6.07) is 7.38. The zero-order valence-electron chi connectivity index (χ0n) is 19.0. The minimum absolute atomic E-state index is 0.0273. The largest absolute Gasteiger partial charge is 0.466 e. The van der Waals surface area contributed by atoms with E-state index in [1.807, 2.05) is 0 Å². The number of carbonyl (C=O) groups excluding carboxylic acids is 1. The number of hydrogen-bond acceptors (Lipinski definition) is 8. The number of nitrogens with zero attached hydrogens (tertiary/aromatic N) is 6. The van der Waals surface area contributed by atoms with Crippen LogP contribution < -0.4 is 4.90 Å². The lowest BCUT2D eigenvalue weighted by atomic mass is 10.1. The Hall–Kier alpha value is -3.29. The first kappa shape index (κ1) is 19.4. The van der Waals surface area contributed by atoms with Crippen LogP contribution in [-0.4, -0.2) is 70.3 Å². The number of ether oxygens (including phenoxy) is 1. The van der Waals surface area contributed by atoms with Gasteiger partial charge in [-0.15, -0.1) is 10.2 Å². The molecule has 1 aliphatic heterocycles. The Morgan fingerprint density at radius 3 is 2.59 bits per heavy atom. The molecular weight excluding hydrogens is 450 g/mol. The highest BCUT2D eigenvalue weighted by atomic mass is 31.2. The molecule has 0 spiro atoms. The number of amides is 1. The summed E-state index contributed by atoms with van der Waals surface area (Å²) in [5.74, 6) is -0.548. The Morgan fingerprint density at radius 1 is 1.31 bits per heavy atom. The second-order valence-corrected chi connectivity index (χ2v) is 7.34. The third-order valence-corrected chi connectivity index (χ3v) is 4.06. The smallest absolute Gasteiger partial charge is 0.441 e. The van der Waals surface area contributed by atoms with E-state index in [4.69, 9.17) is 33.2 Å². The fourth-order valence-electron chi connectivity index (χ4n) is 2.74. The van der Waals surface area contributed by atoms with Crippen molar-refractivity contribution in [3.05, 3.63) is 42.3 Å². The number of phosphoric acid groups is 1. The fraction of sp³-hybridized carbons (Fsp3) is 0.235. The number of benzene rings is 1. The molecule has 32 heavy (non-hydrogen) atoms. The highest BCUT2D eigenvalue weighted by Gasteiger charge is 2.32. The summed E-state index contributed by atoms with van der Waals surface area (Å²) in [6.45, 7) is -2.72. The first-order chi connectivity index (χ1) is 16.3. The summed E-state index contributed by atoms with van der Waals surface area (Å²) < 4.78 is 50.3. The van der Waals surface area contributed by atoms with Crippen LogP contribution in [0.3, 0.4) is 0 Å². The summed E-state index contributed by atoms with van der Waals surface area (Å²) in [5.41, 5.74) is 1.31. The van der Waals surface area contributed by atoms with E-state index in [9.17, 15) is 9.18 Å². The first-order valence-corrected chi connectivity index (χ1v) is 10.3. The van der Waals surface area contributed by atoms with Crippen molar-refractivity contribution < 1.29 is 42.4 Å². The minimum atomic E-state index is -4.64. The number of aliphatic hydroxyl groups excluding tert-OH is 1. The first-order valence-electron chi connectivity index (χ1n) is 10.2. The number of aryl methyl sites for hydroxylation is 1. The maximum atomic E-state index is 14.7. The van der Waals surface area contributed by atoms with Crippen LogP contribution in [0.1, 0.15) is 4.11 Å². The Kier molecular flexibility index (Phi) is 5.74. The molecule has 4 N–H and O–H groups in total. The van der Waals surface area contributed by atoms with Crippen LogP contribution >= 0.6 is 7.82 Å². The van der Waals surface area contributed by atoms with Gasteiger partial charge in [0.15, 0.2) is 0 Å². The maximum absolute atomic E-state index is 14.7. The monoisotopic (exact) mass is 471 g/mol. The van der Waals surface area contributed by atoms with Gasteiger partial charge >= 0.3 is 13.9 Å². The van der Waals surface area contributed by atoms with Gasteiger partial charge in [-0.25, -0.2) is 13.8 Å². The molecule has 0 unspecified atom stereocenters. The Morgan fingerprint density at radius 2 is 2.06 bits per heavy atom. The normalized spacial score (nSPS) is 17.7. The van der Waals surface area contributed by atoms with E-state index < -0.39 is 32.8 Å². The lowest BCUT2D eigenvalue weighted by Gasteiger charge is -2.14. The van der Waals surface area contributed by atoms with Crippen molar-refractivity contribution in [2.75, 3.05) is 18.1 Å². The molecule has 1 saturated heterocycles.